The van der Waals surface area contributed by atoms with Crippen LogP contribution in [0.4, 0.5) is 11.4 Å². The molecular weight excluding hydrogens is 196 g/mol. The molecule has 0 amide bonds. The zero-order chi connectivity index (χ0) is 10.3. The molecule has 2 unspecified atom stereocenters. The van der Waals surface area contributed by atoms with Crippen molar-refractivity contribution < 1.29 is 0 Å². The van der Waals surface area contributed by atoms with E-state index in [-0.39, 0.29) is 0 Å². The van der Waals surface area contributed by atoms with E-state index >= 15 is 0 Å². The maximum Gasteiger partial charge on any atom is 0.0770 e. The van der Waals surface area contributed by atoms with Crippen LogP contribution in [0.15, 0.2) is 18.2 Å². The Kier molecular flexibility index (Phi) is 2.31. The molecule has 3 heteroatoms. The summed E-state index contributed by atoms with van der Waals surface area (Å²) in [6.07, 6.45) is 0. The Labute approximate surface area is 89.9 Å². The van der Waals surface area contributed by atoms with Crippen molar-refractivity contribution in [3.63, 3.8) is 0 Å². The van der Waals surface area contributed by atoms with Crippen molar-refractivity contribution in [1.29, 1.82) is 0 Å². The first kappa shape index (κ1) is 9.66. The predicted octanol–water partition coefficient (Wildman–Crippen LogP) is 2.98. The minimum absolute atomic E-state index is 0.424. The Balaban J connectivity index is 2.50. The molecule has 2 atom stereocenters. The molecule has 1 aromatic carbocycles. The van der Waals surface area contributed by atoms with Gasteiger partial charge in [0.1, 0.15) is 0 Å². The summed E-state index contributed by atoms with van der Waals surface area (Å²) in [6.45, 7) is 4.38. The smallest absolute Gasteiger partial charge is 0.0770 e. The quantitative estimate of drug-likeness (QED) is 0.708. The van der Waals surface area contributed by atoms with E-state index in [0.29, 0.717) is 12.1 Å². The highest BCUT2D eigenvalue weighted by Gasteiger charge is 2.26. The Hall–Kier alpha value is -0.890. The van der Waals surface area contributed by atoms with Crippen molar-refractivity contribution in [3.05, 3.63) is 23.2 Å². The van der Waals surface area contributed by atoms with Crippen molar-refractivity contribution in [2.24, 2.45) is 0 Å². The van der Waals surface area contributed by atoms with Crippen LogP contribution in [-0.2, 0) is 0 Å². The molecule has 0 bridgehead atoms. The SMILES string of the molecule is CC1Nc2c(Cl)cccc2N(C)C1C. The van der Waals surface area contributed by atoms with Gasteiger partial charge in [-0.2, -0.15) is 0 Å². The lowest BCUT2D eigenvalue weighted by molar-refractivity contribution is 0.587. The van der Waals surface area contributed by atoms with E-state index in [4.69, 9.17) is 11.6 Å². The van der Waals surface area contributed by atoms with Crippen molar-refractivity contribution >= 4 is 23.0 Å². The predicted molar refractivity (Wildman–Crippen MR) is 62.4 cm³/mol. The number of fused-ring (bicyclic) bond motifs is 1. The second kappa shape index (κ2) is 3.35. The summed E-state index contributed by atoms with van der Waals surface area (Å²) in [5.41, 5.74) is 2.24. The van der Waals surface area contributed by atoms with Gasteiger partial charge >= 0.3 is 0 Å². The zero-order valence-electron chi connectivity index (χ0n) is 8.71. The van der Waals surface area contributed by atoms with Crippen molar-refractivity contribution in [2.75, 3.05) is 17.3 Å². The standard InChI is InChI=1S/C11H15ClN2/c1-7-8(2)14(3)10-6-4-5-9(12)11(10)13-7/h4-8,13H,1-3H3. The number of halogens is 1. The maximum absolute atomic E-state index is 6.13. The van der Waals surface area contributed by atoms with Crippen LogP contribution in [0.25, 0.3) is 0 Å². The van der Waals surface area contributed by atoms with E-state index in [0.717, 1.165) is 10.7 Å². The van der Waals surface area contributed by atoms with E-state index in [2.05, 4.69) is 37.2 Å². The number of rotatable bonds is 0. The number of benzene rings is 1. The molecule has 0 spiro atoms. The normalized spacial score (nSPS) is 25.6. The molecule has 1 aliphatic rings. The number of likely N-dealkylation sites (N-methyl/N-ethyl adjacent to an activating group) is 1. The fraction of sp³-hybridized carbons (Fsp3) is 0.455. The molecule has 0 saturated heterocycles. The number of hydrogen-bond acceptors (Lipinski definition) is 2. The number of nitrogens with one attached hydrogen (secondary N) is 1. The molecule has 2 rings (SSSR count). The van der Waals surface area contributed by atoms with E-state index in [1.165, 1.54) is 5.69 Å². The zero-order valence-corrected chi connectivity index (χ0v) is 9.47. The molecule has 1 heterocycles. The topological polar surface area (TPSA) is 15.3 Å². The largest absolute Gasteiger partial charge is 0.378 e. The minimum Gasteiger partial charge on any atom is -0.378 e. The average molecular weight is 211 g/mol. The molecule has 0 aliphatic carbocycles. The van der Waals surface area contributed by atoms with Crippen LogP contribution >= 0.6 is 11.6 Å². The third-order valence-corrected chi connectivity index (χ3v) is 3.39. The molecular formula is C11H15ClN2. The van der Waals surface area contributed by atoms with Crippen LogP contribution in [0.1, 0.15) is 13.8 Å². The molecule has 1 aromatic rings. The van der Waals surface area contributed by atoms with Gasteiger partial charge < -0.3 is 10.2 Å². The van der Waals surface area contributed by atoms with Gasteiger partial charge in [-0.1, -0.05) is 17.7 Å². The first-order valence-corrected chi connectivity index (χ1v) is 5.27. The van der Waals surface area contributed by atoms with Gasteiger partial charge in [0.25, 0.3) is 0 Å². The molecule has 0 saturated carbocycles. The lowest BCUT2D eigenvalue weighted by Crippen LogP contribution is -2.45. The second-order valence-electron chi connectivity index (χ2n) is 3.92. The van der Waals surface area contributed by atoms with Crippen LogP contribution in [0, 0.1) is 0 Å². The molecule has 0 radical (unpaired) electrons. The monoisotopic (exact) mass is 210 g/mol. The maximum atomic E-state index is 6.13. The second-order valence-corrected chi connectivity index (χ2v) is 4.33. The number of hydrogen-bond donors (Lipinski definition) is 1. The molecule has 1 N–H and O–H groups in total. The van der Waals surface area contributed by atoms with E-state index in [1.54, 1.807) is 0 Å². The van der Waals surface area contributed by atoms with E-state index in [9.17, 15) is 0 Å². The molecule has 14 heavy (non-hydrogen) atoms. The summed E-state index contributed by atoms with van der Waals surface area (Å²) in [7, 11) is 2.11. The highest BCUT2D eigenvalue weighted by Crippen LogP contribution is 2.37. The summed E-state index contributed by atoms with van der Waals surface area (Å²) in [5, 5.41) is 4.23. The van der Waals surface area contributed by atoms with Crippen molar-refractivity contribution in [2.45, 2.75) is 25.9 Å². The first-order valence-electron chi connectivity index (χ1n) is 4.89. The molecule has 2 nitrogen and oxygen atoms in total. The van der Waals surface area contributed by atoms with Crippen LogP contribution in [0.5, 0.6) is 0 Å². The van der Waals surface area contributed by atoms with Gasteiger partial charge in [-0.25, -0.2) is 0 Å². The fourth-order valence-electron chi connectivity index (χ4n) is 1.85. The molecule has 0 aromatic heterocycles. The number of anilines is 2. The van der Waals surface area contributed by atoms with Crippen LogP contribution in [-0.4, -0.2) is 19.1 Å². The summed E-state index contributed by atoms with van der Waals surface area (Å²) in [4.78, 5) is 2.27. The Morgan fingerprint density at radius 3 is 2.79 bits per heavy atom. The van der Waals surface area contributed by atoms with Gasteiger partial charge in [-0.3, -0.25) is 0 Å². The highest BCUT2D eigenvalue weighted by atomic mass is 35.5. The van der Waals surface area contributed by atoms with Gasteiger partial charge in [0, 0.05) is 19.1 Å². The number of nitrogens with zero attached hydrogens (tertiary/aromatic N) is 1. The summed E-state index contributed by atoms with van der Waals surface area (Å²) >= 11 is 6.13. The molecule has 76 valence electrons. The summed E-state index contributed by atoms with van der Waals surface area (Å²) < 4.78 is 0. The van der Waals surface area contributed by atoms with Gasteiger partial charge in [-0.05, 0) is 26.0 Å². The Morgan fingerprint density at radius 2 is 2.07 bits per heavy atom. The van der Waals surface area contributed by atoms with Crippen molar-refractivity contribution in [3.8, 4) is 0 Å². The van der Waals surface area contributed by atoms with Crippen LogP contribution in [0.3, 0.4) is 0 Å². The first-order chi connectivity index (χ1) is 6.61. The summed E-state index contributed by atoms with van der Waals surface area (Å²) in [5.74, 6) is 0. The van der Waals surface area contributed by atoms with Crippen molar-refractivity contribution in [1.82, 2.24) is 0 Å². The average Bonchev–Trinajstić information content (AvgIpc) is 2.17. The number of para-hydroxylation sites is 1. The van der Waals surface area contributed by atoms with E-state index in [1.807, 2.05) is 12.1 Å². The Bertz CT molecular complexity index is 351. The third kappa shape index (κ3) is 1.34. The van der Waals surface area contributed by atoms with Gasteiger partial charge in [-0.15, -0.1) is 0 Å². The molecule has 1 aliphatic heterocycles. The lowest BCUT2D eigenvalue weighted by Gasteiger charge is -2.39. The van der Waals surface area contributed by atoms with Gasteiger partial charge in [0.15, 0.2) is 0 Å². The van der Waals surface area contributed by atoms with Crippen LogP contribution < -0.4 is 10.2 Å². The van der Waals surface area contributed by atoms with Crippen LogP contribution in [0.2, 0.25) is 5.02 Å². The highest BCUT2D eigenvalue weighted by molar-refractivity contribution is 6.34. The van der Waals surface area contributed by atoms with Gasteiger partial charge in [0.05, 0.1) is 16.4 Å². The van der Waals surface area contributed by atoms with E-state index < -0.39 is 0 Å². The Morgan fingerprint density at radius 1 is 1.36 bits per heavy atom. The lowest BCUT2D eigenvalue weighted by atomic mass is 10.0. The minimum atomic E-state index is 0.424. The molecule has 0 fully saturated rings. The van der Waals surface area contributed by atoms with Gasteiger partial charge in [0.2, 0.25) is 0 Å². The summed E-state index contributed by atoms with van der Waals surface area (Å²) in [6, 6.07) is 6.91. The fourth-order valence-corrected chi connectivity index (χ4v) is 2.08. The third-order valence-electron chi connectivity index (χ3n) is 3.08.